The van der Waals surface area contributed by atoms with Crippen LogP contribution in [0.2, 0.25) is 0 Å². The number of rotatable bonds is 6. The first-order chi connectivity index (χ1) is 8.22. The highest BCUT2D eigenvalue weighted by atomic mass is 32.2. The Bertz CT molecular complexity index is 436. The van der Waals surface area contributed by atoms with E-state index in [1.807, 2.05) is 0 Å². The maximum atomic E-state index is 3.74. The van der Waals surface area contributed by atoms with Crippen LogP contribution in [-0.2, 0) is 6.42 Å². The van der Waals surface area contributed by atoms with E-state index in [1.165, 1.54) is 28.8 Å². The van der Waals surface area contributed by atoms with Gasteiger partial charge in [0.05, 0.1) is 5.69 Å². The molecule has 0 saturated heterocycles. The van der Waals surface area contributed by atoms with Gasteiger partial charge >= 0.3 is 0 Å². The Labute approximate surface area is 108 Å². The van der Waals surface area contributed by atoms with Gasteiger partial charge in [-0.1, -0.05) is 37.8 Å². The zero-order valence-electron chi connectivity index (χ0n) is 10.4. The highest BCUT2D eigenvalue weighted by molar-refractivity contribution is 8.04. The third-order valence-electron chi connectivity index (χ3n) is 2.43. The number of aliphatic imine (C=N–C) groups is 1. The van der Waals surface area contributed by atoms with Crippen LogP contribution in [-0.4, -0.2) is 6.72 Å². The summed E-state index contributed by atoms with van der Waals surface area (Å²) >= 11 is 1.50. The second-order valence-corrected chi connectivity index (χ2v) is 4.46. The average molecular weight is 246 g/mol. The molecule has 3 heteroatoms. The standard InChI is InChI=1S/C14H18N2S/c1-5-12-9-7-8-11(3)14(12)16-17-13(6-2)10-15-4/h6-10,16H,2,4-5H2,1,3H3/b13-10+. The van der Waals surface area contributed by atoms with Gasteiger partial charge < -0.3 is 4.72 Å². The molecule has 0 heterocycles. The molecule has 0 atom stereocenters. The van der Waals surface area contributed by atoms with Crippen molar-refractivity contribution in [3.05, 3.63) is 53.1 Å². The lowest BCUT2D eigenvalue weighted by Crippen LogP contribution is -1.95. The number of aryl methyl sites for hydroxylation is 2. The highest BCUT2D eigenvalue weighted by Crippen LogP contribution is 2.27. The van der Waals surface area contributed by atoms with Gasteiger partial charge in [0, 0.05) is 11.1 Å². The van der Waals surface area contributed by atoms with Crippen molar-refractivity contribution in [3.63, 3.8) is 0 Å². The fourth-order valence-corrected chi connectivity index (χ4v) is 2.21. The van der Waals surface area contributed by atoms with E-state index >= 15 is 0 Å². The largest absolute Gasteiger partial charge is 0.325 e. The van der Waals surface area contributed by atoms with E-state index in [-0.39, 0.29) is 0 Å². The fourth-order valence-electron chi connectivity index (χ4n) is 1.49. The van der Waals surface area contributed by atoms with Gasteiger partial charge in [-0.25, -0.2) is 0 Å². The second-order valence-electron chi connectivity index (χ2n) is 3.58. The summed E-state index contributed by atoms with van der Waals surface area (Å²) in [5.41, 5.74) is 3.73. The summed E-state index contributed by atoms with van der Waals surface area (Å²) in [5.74, 6) is 0. The maximum absolute atomic E-state index is 3.74. The van der Waals surface area contributed by atoms with Crippen LogP contribution in [0.3, 0.4) is 0 Å². The highest BCUT2D eigenvalue weighted by Gasteiger charge is 2.04. The molecular formula is C14H18N2S. The smallest absolute Gasteiger partial charge is 0.0504 e. The Kier molecular flexibility index (Phi) is 5.57. The van der Waals surface area contributed by atoms with Crippen LogP contribution in [0.4, 0.5) is 5.69 Å². The fraction of sp³-hybridized carbons (Fsp3) is 0.214. The third-order valence-corrected chi connectivity index (χ3v) is 3.24. The van der Waals surface area contributed by atoms with Crippen LogP contribution in [0.5, 0.6) is 0 Å². The van der Waals surface area contributed by atoms with E-state index < -0.39 is 0 Å². The monoisotopic (exact) mass is 246 g/mol. The predicted octanol–water partition coefficient (Wildman–Crippen LogP) is 4.35. The molecule has 0 amide bonds. The molecule has 17 heavy (non-hydrogen) atoms. The summed E-state index contributed by atoms with van der Waals surface area (Å²) in [5, 5.41) is 0. The van der Waals surface area contributed by atoms with Gasteiger partial charge in [0.2, 0.25) is 0 Å². The predicted molar refractivity (Wildman–Crippen MR) is 79.6 cm³/mol. The van der Waals surface area contributed by atoms with Gasteiger partial charge in [-0.15, -0.1) is 0 Å². The quantitative estimate of drug-likeness (QED) is 0.458. The molecule has 1 aromatic rings. The Morgan fingerprint density at radius 3 is 2.88 bits per heavy atom. The van der Waals surface area contributed by atoms with E-state index in [0.29, 0.717) is 0 Å². The first-order valence-electron chi connectivity index (χ1n) is 5.52. The number of para-hydroxylation sites is 1. The van der Waals surface area contributed by atoms with Crippen molar-refractivity contribution in [3.8, 4) is 0 Å². The maximum Gasteiger partial charge on any atom is 0.0504 e. The minimum Gasteiger partial charge on any atom is -0.325 e. The number of benzene rings is 1. The summed E-state index contributed by atoms with van der Waals surface area (Å²) in [6.07, 6.45) is 4.46. The molecule has 1 rings (SSSR count). The first-order valence-corrected chi connectivity index (χ1v) is 6.34. The van der Waals surface area contributed by atoms with Gasteiger partial charge in [-0.2, -0.15) is 0 Å². The first kappa shape index (κ1) is 13.6. The topological polar surface area (TPSA) is 24.4 Å². The normalized spacial score (nSPS) is 11.1. The Hall–Kier alpha value is -1.48. The van der Waals surface area contributed by atoms with E-state index in [9.17, 15) is 0 Å². The van der Waals surface area contributed by atoms with Gasteiger partial charge in [0.15, 0.2) is 0 Å². The minimum atomic E-state index is 0.949. The number of anilines is 1. The number of nitrogens with one attached hydrogen (secondary N) is 1. The molecule has 0 aromatic heterocycles. The molecule has 0 unspecified atom stereocenters. The third kappa shape index (κ3) is 3.79. The number of nitrogens with zero attached hydrogens (tertiary/aromatic N) is 1. The summed E-state index contributed by atoms with van der Waals surface area (Å²) in [6.45, 7) is 11.4. The molecule has 0 spiro atoms. The lowest BCUT2D eigenvalue weighted by molar-refractivity contribution is 1.14. The molecule has 0 fully saturated rings. The second kappa shape index (κ2) is 6.97. The van der Waals surface area contributed by atoms with Crippen molar-refractivity contribution in [2.24, 2.45) is 4.99 Å². The lowest BCUT2D eigenvalue weighted by atomic mass is 10.1. The lowest BCUT2D eigenvalue weighted by Gasteiger charge is -2.13. The van der Waals surface area contributed by atoms with Gasteiger partial charge in [0.1, 0.15) is 0 Å². The number of allylic oxidation sites excluding steroid dienone is 1. The molecule has 1 aromatic carbocycles. The van der Waals surface area contributed by atoms with E-state index in [1.54, 1.807) is 12.3 Å². The van der Waals surface area contributed by atoms with Gasteiger partial charge in [0.25, 0.3) is 0 Å². The van der Waals surface area contributed by atoms with Gasteiger partial charge in [-0.05, 0) is 43.1 Å². The Morgan fingerprint density at radius 2 is 2.29 bits per heavy atom. The SMILES string of the molecule is C=C/C(=C\N=C)SNc1c(C)cccc1CC. The van der Waals surface area contributed by atoms with E-state index in [0.717, 1.165) is 11.3 Å². The van der Waals surface area contributed by atoms with Crippen molar-refractivity contribution in [2.45, 2.75) is 20.3 Å². The van der Waals surface area contributed by atoms with Gasteiger partial charge in [-0.3, -0.25) is 4.99 Å². The molecule has 0 saturated carbocycles. The van der Waals surface area contributed by atoms with Crippen LogP contribution in [0.1, 0.15) is 18.1 Å². The molecule has 2 nitrogen and oxygen atoms in total. The van der Waals surface area contributed by atoms with Crippen LogP contribution in [0.25, 0.3) is 0 Å². The summed E-state index contributed by atoms with van der Waals surface area (Å²) in [7, 11) is 0. The molecule has 0 radical (unpaired) electrons. The molecule has 90 valence electrons. The number of hydrogen-bond donors (Lipinski definition) is 1. The van der Waals surface area contributed by atoms with Crippen molar-refractivity contribution in [2.75, 3.05) is 4.72 Å². The molecule has 0 aliphatic rings. The van der Waals surface area contributed by atoms with Crippen molar-refractivity contribution in [1.29, 1.82) is 0 Å². The van der Waals surface area contributed by atoms with Crippen molar-refractivity contribution < 1.29 is 0 Å². The van der Waals surface area contributed by atoms with E-state index in [4.69, 9.17) is 0 Å². The van der Waals surface area contributed by atoms with Crippen LogP contribution < -0.4 is 4.72 Å². The Balaban J connectivity index is 2.84. The van der Waals surface area contributed by atoms with Crippen molar-refractivity contribution in [1.82, 2.24) is 0 Å². The molecule has 1 N–H and O–H groups in total. The number of hydrogen-bond acceptors (Lipinski definition) is 3. The van der Waals surface area contributed by atoms with E-state index in [2.05, 4.69) is 55.1 Å². The zero-order valence-corrected chi connectivity index (χ0v) is 11.2. The van der Waals surface area contributed by atoms with Crippen LogP contribution in [0.15, 0.2) is 47.0 Å². The van der Waals surface area contributed by atoms with Crippen LogP contribution >= 0.6 is 11.9 Å². The minimum absolute atomic E-state index is 0.949. The molecule has 0 bridgehead atoms. The van der Waals surface area contributed by atoms with Crippen LogP contribution in [0, 0.1) is 6.92 Å². The summed E-state index contributed by atoms with van der Waals surface area (Å²) in [4.78, 5) is 4.69. The Morgan fingerprint density at radius 1 is 1.53 bits per heavy atom. The molecule has 0 aliphatic heterocycles. The molecular weight excluding hydrogens is 228 g/mol. The average Bonchev–Trinajstić information content (AvgIpc) is 2.35. The summed E-state index contributed by atoms with van der Waals surface area (Å²) in [6, 6.07) is 6.32. The summed E-state index contributed by atoms with van der Waals surface area (Å²) < 4.78 is 3.36. The van der Waals surface area contributed by atoms with Crippen molar-refractivity contribution >= 4 is 24.4 Å². The zero-order chi connectivity index (χ0) is 12.7. The molecule has 0 aliphatic carbocycles.